The summed E-state index contributed by atoms with van der Waals surface area (Å²) in [7, 11) is -3.96. The van der Waals surface area contributed by atoms with Gasteiger partial charge >= 0.3 is 0 Å². The second-order valence-electron chi connectivity index (χ2n) is 9.28. The van der Waals surface area contributed by atoms with Gasteiger partial charge in [-0.3, -0.25) is 24.0 Å². The molecule has 1 atom stereocenters. The molecule has 0 spiro atoms. The molecule has 1 N–H and O–H groups in total. The number of carbonyl (C=O) groups is 2. The standard InChI is InChI=1S/C26H34N4O6S/c1-3-24(26(32)27-21-12-7-8-13-21)28(17-16-20-10-5-4-6-11-20)25(31)19-29(37(2,35)36)22-14-9-15-23(18-22)30(33)34/h4-6,9-11,14-15,18,21,24H,3,7-8,12-13,16-17,19H2,1-2H3,(H,27,32). The Morgan fingerprint density at radius 2 is 1.78 bits per heavy atom. The van der Waals surface area contributed by atoms with E-state index in [0.717, 1.165) is 47.9 Å². The topological polar surface area (TPSA) is 130 Å². The van der Waals surface area contributed by atoms with Crippen LogP contribution in [-0.2, 0) is 26.0 Å². The van der Waals surface area contributed by atoms with Gasteiger partial charge in [0, 0.05) is 24.7 Å². The van der Waals surface area contributed by atoms with Crippen molar-refractivity contribution in [1.29, 1.82) is 0 Å². The van der Waals surface area contributed by atoms with Crippen LogP contribution >= 0.6 is 0 Å². The molecule has 1 unspecified atom stereocenters. The highest BCUT2D eigenvalue weighted by molar-refractivity contribution is 7.92. The number of nitrogens with zero attached hydrogens (tertiary/aromatic N) is 3. The number of rotatable bonds is 12. The van der Waals surface area contributed by atoms with Gasteiger partial charge in [-0.15, -0.1) is 0 Å². The number of amides is 2. The van der Waals surface area contributed by atoms with E-state index >= 15 is 0 Å². The number of nitro groups is 1. The van der Waals surface area contributed by atoms with Crippen LogP contribution in [0.15, 0.2) is 54.6 Å². The lowest BCUT2D eigenvalue weighted by atomic mass is 10.1. The first-order chi connectivity index (χ1) is 17.6. The van der Waals surface area contributed by atoms with Crippen LogP contribution in [0.4, 0.5) is 11.4 Å². The Labute approximate surface area is 217 Å². The number of nitro benzene ring substituents is 1. The van der Waals surface area contributed by atoms with Crippen LogP contribution in [0.1, 0.15) is 44.6 Å². The number of non-ortho nitro benzene ring substituents is 1. The second kappa shape index (κ2) is 12.7. The third kappa shape index (κ3) is 7.75. The SMILES string of the molecule is CCC(C(=O)NC1CCCC1)N(CCc1ccccc1)C(=O)CN(c1cccc([N+](=O)[O-])c1)S(C)(=O)=O. The summed E-state index contributed by atoms with van der Waals surface area (Å²) < 4.78 is 26.2. The summed E-state index contributed by atoms with van der Waals surface area (Å²) >= 11 is 0. The molecule has 2 aromatic rings. The fourth-order valence-electron chi connectivity index (χ4n) is 4.64. The quantitative estimate of drug-likeness (QED) is 0.331. The molecule has 0 aliphatic heterocycles. The minimum absolute atomic E-state index is 0.0107. The molecule has 1 aliphatic rings. The van der Waals surface area contributed by atoms with Gasteiger partial charge in [0.2, 0.25) is 21.8 Å². The zero-order valence-corrected chi connectivity index (χ0v) is 22.0. The molecule has 0 aromatic heterocycles. The number of anilines is 1. The highest BCUT2D eigenvalue weighted by atomic mass is 32.2. The van der Waals surface area contributed by atoms with Crippen molar-refractivity contribution in [3.8, 4) is 0 Å². The fraction of sp³-hybridized carbons (Fsp3) is 0.462. The normalized spacial score (nSPS) is 14.6. The van der Waals surface area contributed by atoms with E-state index in [1.165, 1.54) is 23.1 Å². The number of nitrogens with one attached hydrogen (secondary N) is 1. The number of sulfonamides is 1. The molecule has 200 valence electrons. The Morgan fingerprint density at radius 3 is 2.38 bits per heavy atom. The number of hydrogen-bond acceptors (Lipinski definition) is 6. The molecule has 0 heterocycles. The molecule has 0 saturated heterocycles. The van der Waals surface area contributed by atoms with Gasteiger partial charge in [-0.05, 0) is 37.3 Å². The Kier molecular flexibility index (Phi) is 9.62. The Bertz CT molecular complexity index is 1200. The van der Waals surface area contributed by atoms with Crippen LogP contribution < -0.4 is 9.62 Å². The van der Waals surface area contributed by atoms with Gasteiger partial charge < -0.3 is 10.2 Å². The first kappa shape index (κ1) is 28.1. The van der Waals surface area contributed by atoms with E-state index in [9.17, 15) is 28.1 Å². The van der Waals surface area contributed by atoms with Gasteiger partial charge in [0.1, 0.15) is 12.6 Å². The van der Waals surface area contributed by atoms with Crippen LogP contribution in [0.2, 0.25) is 0 Å². The lowest BCUT2D eigenvalue weighted by Crippen LogP contribution is -2.54. The van der Waals surface area contributed by atoms with Gasteiger partial charge in [-0.1, -0.05) is 56.2 Å². The zero-order chi connectivity index (χ0) is 27.0. The summed E-state index contributed by atoms with van der Waals surface area (Å²) in [5, 5.41) is 14.3. The number of hydrogen-bond donors (Lipinski definition) is 1. The van der Waals surface area contributed by atoms with E-state index in [2.05, 4.69) is 5.32 Å². The van der Waals surface area contributed by atoms with Gasteiger partial charge in [-0.2, -0.15) is 0 Å². The highest BCUT2D eigenvalue weighted by Crippen LogP contribution is 2.24. The van der Waals surface area contributed by atoms with Crippen molar-refractivity contribution in [1.82, 2.24) is 10.2 Å². The average Bonchev–Trinajstić information content (AvgIpc) is 3.37. The van der Waals surface area contributed by atoms with Crippen LogP contribution in [0.5, 0.6) is 0 Å². The maximum atomic E-state index is 13.7. The summed E-state index contributed by atoms with van der Waals surface area (Å²) in [5.74, 6) is -0.807. The fourth-order valence-corrected chi connectivity index (χ4v) is 5.48. The first-order valence-corrected chi connectivity index (χ1v) is 14.3. The third-order valence-electron chi connectivity index (χ3n) is 6.58. The molecule has 37 heavy (non-hydrogen) atoms. The van der Waals surface area contributed by atoms with Crippen LogP contribution in [0.25, 0.3) is 0 Å². The van der Waals surface area contributed by atoms with Crippen molar-refractivity contribution in [3.63, 3.8) is 0 Å². The summed E-state index contributed by atoms with van der Waals surface area (Å²) in [5.41, 5.74) is 0.698. The van der Waals surface area contributed by atoms with Gasteiger partial charge in [0.05, 0.1) is 16.9 Å². The molecule has 1 fully saturated rings. The number of benzene rings is 2. The molecule has 3 rings (SSSR count). The summed E-state index contributed by atoms with van der Waals surface area (Å²) in [6, 6.07) is 14.0. The van der Waals surface area contributed by atoms with Gasteiger partial charge in [0.15, 0.2) is 0 Å². The highest BCUT2D eigenvalue weighted by Gasteiger charge is 2.33. The average molecular weight is 531 g/mol. The van der Waals surface area contributed by atoms with Crippen molar-refractivity contribution in [2.24, 2.45) is 0 Å². The van der Waals surface area contributed by atoms with Crippen molar-refractivity contribution in [2.75, 3.05) is 23.7 Å². The Balaban J connectivity index is 1.89. The molecule has 0 radical (unpaired) electrons. The molecular formula is C26H34N4O6S. The van der Waals surface area contributed by atoms with E-state index < -0.39 is 33.4 Å². The predicted molar refractivity (Wildman–Crippen MR) is 142 cm³/mol. The Hall–Kier alpha value is -3.47. The monoisotopic (exact) mass is 530 g/mol. The molecule has 1 aliphatic carbocycles. The largest absolute Gasteiger partial charge is 0.352 e. The van der Waals surface area contributed by atoms with Crippen LogP contribution in [0.3, 0.4) is 0 Å². The van der Waals surface area contributed by atoms with E-state index in [4.69, 9.17) is 0 Å². The minimum Gasteiger partial charge on any atom is -0.352 e. The van der Waals surface area contributed by atoms with E-state index in [1.807, 2.05) is 37.3 Å². The van der Waals surface area contributed by atoms with Crippen molar-refractivity contribution in [3.05, 3.63) is 70.3 Å². The second-order valence-corrected chi connectivity index (χ2v) is 11.2. The molecule has 2 amide bonds. The molecule has 0 bridgehead atoms. The predicted octanol–water partition coefficient (Wildman–Crippen LogP) is 3.27. The molecule has 10 nitrogen and oxygen atoms in total. The minimum atomic E-state index is -3.96. The van der Waals surface area contributed by atoms with E-state index in [-0.39, 0.29) is 29.9 Å². The van der Waals surface area contributed by atoms with Crippen LogP contribution in [-0.4, -0.2) is 61.5 Å². The maximum Gasteiger partial charge on any atom is 0.271 e. The smallest absolute Gasteiger partial charge is 0.271 e. The van der Waals surface area contributed by atoms with Gasteiger partial charge in [0.25, 0.3) is 5.69 Å². The maximum absolute atomic E-state index is 13.7. The number of carbonyl (C=O) groups excluding carboxylic acids is 2. The lowest BCUT2D eigenvalue weighted by Gasteiger charge is -2.33. The first-order valence-electron chi connectivity index (χ1n) is 12.5. The van der Waals surface area contributed by atoms with Crippen molar-refractivity contribution >= 4 is 33.2 Å². The summed E-state index contributed by atoms with van der Waals surface area (Å²) in [6.07, 6.45) is 5.67. The van der Waals surface area contributed by atoms with Crippen molar-refractivity contribution in [2.45, 2.75) is 57.5 Å². The molecular weight excluding hydrogens is 496 g/mol. The van der Waals surface area contributed by atoms with Crippen molar-refractivity contribution < 1.29 is 22.9 Å². The van der Waals surface area contributed by atoms with E-state index in [0.29, 0.717) is 12.8 Å². The van der Waals surface area contributed by atoms with Crippen LogP contribution in [0, 0.1) is 10.1 Å². The third-order valence-corrected chi connectivity index (χ3v) is 7.72. The zero-order valence-electron chi connectivity index (χ0n) is 21.2. The lowest BCUT2D eigenvalue weighted by molar-refractivity contribution is -0.384. The van der Waals surface area contributed by atoms with E-state index in [1.54, 1.807) is 0 Å². The molecule has 2 aromatic carbocycles. The van der Waals surface area contributed by atoms with Gasteiger partial charge in [-0.25, -0.2) is 8.42 Å². The molecule has 1 saturated carbocycles. The summed E-state index contributed by atoms with van der Waals surface area (Å²) in [4.78, 5) is 39.0. The summed E-state index contributed by atoms with van der Waals surface area (Å²) in [6.45, 7) is 1.45. The molecule has 11 heteroatoms. The Morgan fingerprint density at radius 1 is 1.11 bits per heavy atom.